The molecule has 9 heteroatoms. The number of amides is 3. The first-order valence-corrected chi connectivity index (χ1v) is 9.10. The lowest BCUT2D eigenvalue weighted by Crippen LogP contribution is -2.34. The van der Waals surface area contributed by atoms with E-state index in [2.05, 4.69) is 15.5 Å². The van der Waals surface area contributed by atoms with E-state index in [1.54, 1.807) is 24.3 Å². The molecule has 2 aromatic heterocycles. The Kier molecular flexibility index (Phi) is 4.51. The van der Waals surface area contributed by atoms with Gasteiger partial charge in [-0.15, -0.1) is 11.3 Å². The third kappa shape index (κ3) is 3.36. The van der Waals surface area contributed by atoms with Gasteiger partial charge >= 0.3 is 0 Å². The molecule has 136 valence electrons. The van der Waals surface area contributed by atoms with Gasteiger partial charge in [-0.3, -0.25) is 19.3 Å². The Hall–Kier alpha value is -3.33. The molecule has 0 atom stereocenters. The van der Waals surface area contributed by atoms with Gasteiger partial charge in [0.05, 0.1) is 22.5 Å². The third-order valence-electron chi connectivity index (χ3n) is 4.08. The van der Waals surface area contributed by atoms with Crippen molar-refractivity contribution in [2.24, 2.45) is 0 Å². The Morgan fingerprint density at radius 3 is 2.52 bits per heavy atom. The average Bonchev–Trinajstić information content (AvgIpc) is 3.41. The van der Waals surface area contributed by atoms with Crippen LogP contribution in [-0.2, 0) is 11.3 Å². The maximum atomic E-state index is 12.3. The van der Waals surface area contributed by atoms with Gasteiger partial charge in [0.25, 0.3) is 17.7 Å². The summed E-state index contributed by atoms with van der Waals surface area (Å²) < 4.78 is 5.15. The number of nitrogens with one attached hydrogen (secondary N) is 1. The fraction of sp³-hybridized carbons (Fsp3) is 0.167. The summed E-state index contributed by atoms with van der Waals surface area (Å²) in [4.78, 5) is 42.7. The highest BCUT2D eigenvalue weighted by atomic mass is 32.1. The van der Waals surface area contributed by atoms with Crippen molar-refractivity contribution in [2.45, 2.75) is 13.0 Å². The van der Waals surface area contributed by atoms with Gasteiger partial charge in [0.1, 0.15) is 0 Å². The summed E-state index contributed by atoms with van der Waals surface area (Å²) in [7, 11) is 0. The van der Waals surface area contributed by atoms with Crippen molar-refractivity contribution in [3.63, 3.8) is 0 Å². The fourth-order valence-electron chi connectivity index (χ4n) is 2.75. The summed E-state index contributed by atoms with van der Waals surface area (Å²) in [5.41, 5.74) is 0.742. The SMILES string of the molecule is O=C(CCN1C(=O)c2ccccc2C1=O)NCc1noc(-c2cccs2)n1. The second-order valence-electron chi connectivity index (χ2n) is 5.83. The van der Waals surface area contributed by atoms with Gasteiger partial charge in [0.2, 0.25) is 5.91 Å². The molecule has 8 nitrogen and oxygen atoms in total. The number of carbonyl (C=O) groups is 3. The summed E-state index contributed by atoms with van der Waals surface area (Å²) in [5, 5.41) is 8.39. The van der Waals surface area contributed by atoms with Gasteiger partial charge in [-0.1, -0.05) is 23.4 Å². The Morgan fingerprint density at radius 2 is 1.85 bits per heavy atom. The zero-order valence-electron chi connectivity index (χ0n) is 14.0. The first-order valence-electron chi connectivity index (χ1n) is 8.22. The number of hydrogen-bond donors (Lipinski definition) is 1. The summed E-state index contributed by atoms with van der Waals surface area (Å²) >= 11 is 1.48. The molecule has 0 saturated carbocycles. The molecule has 1 N–H and O–H groups in total. The lowest BCUT2D eigenvalue weighted by atomic mass is 10.1. The molecule has 0 bridgehead atoms. The highest BCUT2D eigenvalue weighted by Crippen LogP contribution is 2.23. The van der Waals surface area contributed by atoms with Crippen molar-refractivity contribution in [2.75, 3.05) is 6.54 Å². The maximum absolute atomic E-state index is 12.3. The molecule has 0 unspecified atom stereocenters. The van der Waals surface area contributed by atoms with Crippen LogP contribution < -0.4 is 5.32 Å². The molecular formula is C18H14N4O4S. The quantitative estimate of drug-likeness (QED) is 0.655. The van der Waals surface area contributed by atoms with Crippen LogP contribution in [0.25, 0.3) is 10.8 Å². The van der Waals surface area contributed by atoms with Gasteiger partial charge in [0.15, 0.2) is 5.82 Å². The molecule has 0 spiro atoms. The number of benzene rings is 1. The molecule has 0 aliphatic carbocycles. The molecule has 1 aliphatic heterocycles. The molecule has 3 amide bonds. The molecule has 3 heterocycles. The summed E-state index contributed by atoms with van der Waals surface area (Å²) in [6.45, 7) is 0.126. The highest BCUT2D eigenvalue weighted by molar-refractivity contribution is 7.13. The summed E-state index contributed by atoms with van der Waals surface area (Å²) in [6.07, 6.45) is 0.00109. The topological polar surface area (TPSA) is 105 Å². The van der Waals surface area contributed by atoms with Crippen molar-refractivity contribution < 1.29 is 18.9 Å². The van der Waals surface area contributed by atoms with Crippen LogP contribution in [0.15, 0.2) is 46.3 Å². The van der Waals surface area contributed by atoms with Crippen LogP contribution in [0.3, 0.4) is 0 Å². The number of carbonyl (C=O) groups excluding carboxylic acids is 3. The zero-order chi connectivity index (χ0) is 18.8. The van der Waals surface area contributed by atoms with Gasteiger partial charge in [0, 0.05) is 13.0 Å². The predicted octanol–water partition coefficient (Wildman–Crippen LogP) is 2.10. The standard InChI is InChI=1S/C18H14N4O4S/c23-15(19-10-14-20-16(26-21-14)13-6-3-9-27-13)7-8-22-17(24)11-4-1-2-5-12(11)18(22)25/h1-6,9H,7-8,10H2,(H,19,23). The number of aromatic nitrogens is 2. The first kappa shape index (κ1) is 17.1. The maximum Gasteiger partial charge on any atom is 0.268 e. The number of fused-ring (bicyclic) bond motifs is 1. The molecule has 27 heavy (non-hydrogen) atoms. The predicted molar refractivity (Wildman–Crippen MR) is 95.9 cm³/mol. The van der Waals surface area contributed by atoms with Crippen molar-refractivity contribution in [3.05, 3.63) is 58.7 Å². The highest BCUT2D eigenvalue weighted by Gasteiger charge is 2.34. The van der Waals surface area contributed by atoms with Crippen LogP contribution in [0.4, 0.5) is 0 Å². The average molecular weight is 382 g/mol. The van der Waals surface area contributed by atoms with Crippen LogP contribution in [0, 0.1) is 0 Å². The van der Waals surface area contributed by atoms with Crippen molar-refractivity contribution >= 4 is 29.1 Å². The molecule has 0 saturated heterocycles. The molecule has 4 rings (SSSR count). The van der Waals surface area contributed by atoms with Gasteiger partial charge in [-0.25, -0.2) is 0 Å². The van der Waals surface area contributed by atoms with Crippen LogP contribution in [0.5, 0.6) is 0 Å². The number of nitrogens with zero attached hydrogens (tertiary/aromatic N) is 3. The second kappa shape index (κ2) is 7.12. The van der Waals surface area contributed by atoms with Gasteiger partial charge < -0.3 is 9.84 Å². The molecular weight excluding hydrogens is 368 g/mol. The van der Waals surface area contributed by atoms with Crippen LogP contribution >= 0.6 is 11.3 Å². The molecule has 0 radical (unpaired) electrons. The lowest BCUT2D eigenvalue weighted by molar-refractivity contribution is -0.121. The van der Waals surface area contributed by atoms with E-state index >= 15 is 0 Å². The van der Waals surface area contributed by atoms with Gasteiger partial charge in [-0.2, -0.15) is 4.98 Å². The smallest absolute Gasteiger partial charge is 0.268 e. The second-order valence-corrected chi connectivity index (χ2v) is 6.78. The molecule has 1 aliphatic rings. The van der Waals surface area contributed by atoms with E-state index in [0.717, 1.165) is 9.78 Å². The first-order chi connectivity index (χ1) is 13.1. The third-order valence-corrected chi connectivity index (χ3v) is 4.94. The minimum absolute atomic E-state index is 0.00109. The lowest BCUT2D eigenvalue weighted by Gasteiger charge is -2.13. The molecule has 1 aromatic carbocycles. The Morgan fingerprint density at radius 1 is 1.11 bits per heavy atom. The number of thiophene rings is 1. The Balaban J connectivity index is 1.30. The van der Waals surface area contributed by atoms with Crippen LogP contribution in [-0.4, -0.2) is 39.3 Å². The van der Waals surface area contributed by atoms with Crippen molar-refractivity contribution in [3.8, 4) is 10.8 Å². The van der Waals surface area contributed by atoms with E-state index < -0.39 is 0 Å². The van der Waals surface area contributed by atoms with E-state index in [1.807, 2.05) is 17.5 Å². The van der Waals surface area contributed by atoms with E-state index in [-0.39, 0.29) is 37.2 Å². The minimum Gasteiger partial charge on any atom is -0.349 e. The Labute approximate surface area is 157 Å². The van der Waals surface area contributed by atoms with E-state index in [4.69, 9.17) is 4.52 Å². The molecule has 0 fully saturated rings. The normalized spacial score (nSPS) is 13.1. The number of hydrogen-bond acceptors (Lipinski definition) is 7. The van der Waals surface area contributed by atoms with E-state index in [0.29, 0.717) is 22.8 Å². The van der Waals surface area contributed by atoms with Gasteiger partial charge in [-0.05, 0) is 23.6 Å². The zero-order valence-corrected chi connectivity index (χ0v) is 14.9. The fourth-order valence-corrected chi connectivity index (χ4v) is 3.39. The minimum atomic E-state index is -0.373. The Bertz CT molecular complexity index is 977. The largest absolute Gasteiger partial charge is 0.349 e. The summed E-state index contributed by atoms with van der Waals surface area (Å²) in [6, 6.07) is 10.4. The number of imide groups is 1. The van der Waals surface area contributed by atoms with E-state index in [1.165, 1.54) is 11.3 Å². The summed E-state index contributed by atoms with van der Waals surface area (Å²) in [5.74, 6) is -0.300. The van der Waals surface area contributed by atoms with Crippen molar-refractivity contribution in [1.29, 1.82) is 0 Å². The monoisotopic (exact) mass is 382 g/mol. The number of rotatable bonds is 6. The van der Waals surface area contributed by atoms with Crippen LogP contribution in [0.2, 0.25) is 0 Å². The van der Waals surface area contributed by atoms with Crippen LogP contribution in [0.1, 0.15) is 33.0 Å². The molecule has 3 aromatic rings. The van der Waals surface area contributed by atoms with Crippen molar-refractivity contribution in [1.82, 2.24) is 20.4 Å². The van der Waals surface area contributed by atoms with E-state index in [9.17, 15) is 14.4 Å².